The van der Waals surface area contributed by atoms with E-state index in [0.717, 1.165) is 49.7 Å². The first-order chi connectivity index (χ1) is 28.2. The Balaban J connectivity index is 1.04. The Bertz CT molecular complexity index is 3050. The Morgan fingerprint density at radius 2 is 0.912 bits per heavy atom. The lowest BCUT2D eigenvalue weighted by Crippen LogP contribution is -2.14. The molecule has 0 radical (unpaired) electrons. The Labute approximate surface area is 334 Å². The van der Waals surface area contributed by atoms with Crippen LogP contribution in [0.4, 0.5) is 17.1 Å². The molecule has 0 spiro atoms. The summed E-state index contributed by atoms with van der Waals surface area (Å²) in [5.74, 6) is 1.86. The van der Waals surface area contributed by atoms with Crippen LogP contribution in [0.2, 0.25) is 0 Å². The van der Waals surface area contributed by atoms with Crippen LogP contribution in [0, 0.1) is 0 Å². The maximum atomic E-state index is 5.11. The Hall–Kier alpha value is -7.28. The number of aromatic nitrogens is 4. The van der Waals surface area contributed by atoms with Gasteiger partial charge < -0.3 is 4.90 Å². The minimum Gasteiger partial charge on any atom is -0.308 e. The third-order valence-electron chi connectivity index (χ3n) is 10.6. The molecule has 268 valence electrons. The summed E-state index contributed by atoms with van der Waals surface area (Å²) < 4.78 is 2.18. The SMILES string of the molecule is c1ccc(-c2cccc(N3c4ccccc4Sc4cc(-c5ccc6c(c5)c5ccccc5n6-c5nc(-c6ccccc6)nc(-c6ccccc6)n5)ccc43)c2)cc1. The van der Waals surface area contributed by atoms with E-state index in [9.17, 15) is 0 Å². The van der Waals surface area contributed by atoms with Crippen molar-refractivity contribution in [2.75, 3.05) is 4.90 Å². The van der Waals surface area contributed by atoms with E-state index in [1.54, 1.807) is 0 Å². The fourth-order valence-electron chi connectivity index (χ4n) is 7.94. The van der Waals surface area contributed by atoms with E-state index >= 15 is 0 Å². The van der Waals surface area contributed by atoms with Crippen LogP contribution in [-0.2, 0) is 0 Å². The van der Waals surface area contributed by atoms with Crippen molar-refractivity contribution in [2.24, 2.45) is 0 Å². The van der Waals surface area contributed by atoms with Crippen molar-refractivity contribution in [1.82, 2.24) is 19.5 Å². The maximum Gasteiger partial charge on any atom is 0.238 e. The lowest BCUT2D eigenvalue weighted by atomic mass is 10.0. The van der Waals surface area contributed by atoms with Gasteiger partial charge in [-0.25, -0.2) is 4.98 Å². The molecule has 0 fully saturated rings. The Kier molecular flexibility index (Phi) is 8.00. The highest BCUT2D eigenvalue weighted by atomic mass is 32.2. The van der Waals surface area contributed by atoms with Crippen LogP contribution in [-0.4, -0.2) is 19.5 Å². The lowest BCUT2D eigenvalue weighted by molar-refractivity contribution is 0.953. The minimum atomic E-state index is 0.585. The molecule has 10 aromatic rings. The Morgan fingerprint density at radius 1 is 0.351 bits per heavy atom. The number of hydrogen-bond donors (Lipinski definition) is 0. The second kappa shape index (κ2) is 13.8. The first-order valence-corrected chi connectivity index (χ1v) is 19.8. The molecule has 57 heavy (non-hydrogen) atoms. The molecule has 0 saturated heterocycles. The van der Waals surface area contributed by atoms with Crippen molar-refractivity contribution in [3.8, 4) is 51.0 Å². The van der Waals surface area contributed by atoms with Crippen molar-refractivity contribution < 1.29 is 0 Å². The van der Waals surface area contributed by atoms with Gasteiger partial charge in [0.2, 0.25) is 5.95 Å². The van der Waals surface area contributed by atoms with Crippen molar-refractivity contribution in [1.29, 1.82) is 0 Å². The van der Waals surface area contributed by atoms with Gasteiger partial charge in [0.05, 0.1) is 22.4 Å². The summed E-state index contributed by atoms with van der Waals surface area (Å²) in [5, 5.41) is 2.28. The normalized spacial score (nSPS) is 12.1. The van der Waals surface area contributed by atoms with E-state index in [-0.39, 0.29) is 0 Å². The van der Waals surface area contributed by atoms with Crippen LogP contribution in [0.25, 0.3) is 72.8 Å². The molecule has 0 N–H and O–H groups in total. The molecule has 2 aromatic heterocycles. The van der Waals surface area contributed by atoms with Gasteiger partial charge in [0.1, 0.15) is 0 Å². The zero-order chi connectivity index (χ0) is 37.7. The van der Waals surface area contributed by atoms with Crippen LogP contribution in [0.15, 0.2) is 210 Å². The summed E-state index contributed by atoms with van der Waals surface area (Å²) in [7, 11) is 0. The predicted octanol–water partition coefficient (Wildman–Crippen LogP) is 13.6. The molecule has 8 aromatic carbocycles. The summed E-state index contributed by atoms with van der Waals surface area (Å²) in [6, 6.07) is 70.5. The molecule has 6 heteroatoms. The third-order valence-corrected chi connectivity index (χ3v) is 11.7. The molecule has 0 atom stereocenters. The molecule has 11 rings (SSSR count). The van der Waals surface area contributed by atoms with Crippen molar-refractivity contribution in [3.05, 3.63) is 200 Å². The molecular formula is C51H33N5S. The highest BCUT2D eigenvalue weighted by molar-refractivity contribution is 7.99. The van der Waals surface area contributed by atoms with Gasteiger partial charge >= 0.3 is 0 Å². The number of anilines is 3. The molecule has 0 unspecified atom stereocenters. The zero-order valence-electron chi connectivity index (χ0n) is 30.7. The Morgan fingerprint density at radius 3 is 1.67 bits per heavy atom. The average Bonchev–Trinajstić information content (AvgIpc) is 3.62. The summed E-state index contributed by atoms with van der Waals surface area (Å²) in [6.45, 7) is 0. The molecule has 1 aliphatic heterocycles. The number of para-hydroxylation sites is 2. The summed E-state index contributed by atoms with van der Waals surface area (Å²) in [6.07, 6.45) is 0. The van der Waals surface area contributed by atoms with Crippen LogP contribution in [0.3, 0.4) is 0 Å². The smallest absolute Gasteiger partial charge is 0.238 e. The number of fused-ring (bicyclic) bond motifs is 5. The highest BCUT2D eigenvalue weighted by Crippen LogP contribution is 2.52. The topological polar surface area (TPSA) is 46.8 Å². The van der Waals surface area contributed by atoms with Gasteiger partial charge in [-0.3, -0.25) is 4.57 Å². The van der Waals surface area contributed by atoms with Gasteiger partial charge in [0.25, 0.3) is 0 Å². The number of hydrogen-bond acceptors (Lipinski definition) is 5. The number of rotatable bonds is 6. The van der Waals surface area contributed by atoms with Crippen LogP contribution < -0.4 is 4.90 Å². The largest absolute Gasteiger partial charge is 0.308 e. The lowest BCUT2D eigenvalue weighted by Gasteiger charge is -2.33. The maximum absolute atomic E-state index is 5.11. The van der Waals surface area contributed by atoms with Gasteiger partial charge in [-0.05, 0) is 76.9 Å². The summed E-state index contributed by atoms with van der Waals surface area (Å²) in [5.41, 5.74) is 12.2. The molecule has 5 nitrogen and oxygen atoms in total. The second-order valence-corrected chi connectivity index (χ2v) is 15.2. The fraction of sp³-hybridized carbons (Fsp3) is 0. The van der Waals surface area contributed by atoms with E-state index in [1.165, 1.54) is 32.3 Å². The van der Waals surface area contributed by atoms with Crippen LogP contribution in [0.5, 0.6) is 0 Å². The van der Waals surface area contributed by atoms with E-state index in [1.807, 2.05) is 72.4 Å². The van der Waals surface area contributed by atoms with E-state index in [2.05, 4.69) is 149 Å². The highest BCUT2D eigenvalue weighted by Gasteiger charge is 2.26. The number of benzene rings is 8. The van der Waals surface area contributed by atoms with E-state index in [0.29, 0.717) is 17.6 Å². The quantitative estimate of drug-likeness (QED) is 0.169. The summed E-state index contributed by atoms with van der Waals surface area (Å²) >= 11 is 1.83. The van der Waals surface area contributed by atoms with Gasteiger partial charge in [0, 0.05) is 37.4 Å². The van der Waals surface area contributed by atoms with Gasteiger partial charge in [0.15, 0.2) is 11.6 Å². The third kappa shape index (κ3) is 5.86. The molecule has 0 amide bonds. The fourth-order valence-corrected chi connectivity index (χ4v) is 9.03. The molecule has 0 bridgehead atoms. The minimum absolute atomic E-state index is 0.585. The first-order valence-electron chi connectivity index (χ1n) is 19.0. The zero-order valence-corrected chi connectivity index (χ0v) is 31.5. The molecule has 0 aliphatic carbocycles. The van der Waals surface area contributed by atoms with Gasteiger partial charge in [-0.1, -0.05) is 157 Å². The standard InChI is InChI=1S/C51H33N5S/c1-4-15-34(16-5-1)37-21-14-22-40(31-37)55-45-25-12-13-26-47(45)57-48-33-39(28-30-46(48)55)38-27-29-44-42(32-38)41-23-10-11-24-43(41)56(44)51-53-49(35-17-6-2-7-18-35)52-50(54-51)36-19-8-3-9-20-36/h1-33H. The second-order valence-electron chi connectivity index (χ2n) is 14.1. The molecule has 3 heterocycles. The van der Waals surface area contributed by atoms with Crippen LogP contribution in [0.1, 0.15) is 0 Å². The van der Waals surface area contributed by atoms with Crippen LogP contribution >= 0.6 is 11.8 Å². The summed E-state index contributed by atoms with van der Waals surface area (Å²) in [4.78, 5) is 20.0. The number of nitrogens with zero attached hydrogens (tertiary/aromatic N) is 5. The van der Waals surface area contributed by atoms with Crippen molar-refractivity contribution >= 4 is 50.6 Å². The van der Waals surface area contributed by atoms with E-state index in [4.69, 9.17) is 15.0 Å². The van der Waals surface area contributed by atoms with Crippen molar-refractivity contribution in [3.63, 3.8) is 0 Å². The predicted molar refractivity (Wildman–Crippen MR) is 235 cm³/mol. The van der Waals surface area contributed by atoms with Gasteiger partial charge in [-0.15, -0.1) is 0 Å². The molecule has 1 aliphatic rings. The van der Waals surface area contributed by atoms with Crippen molar-refractivity contribution in [2.45, 2.75) is 9.79 Å². The monoisotopic (exact) mass is 747 g/mol. The average molecular weight is 748 g/mol. The first kappa shape index (κ1) is 33.1. The molecular weight excluding hydrogens is 715 g/mol. The van der Waals surface area contributed by atoms with E-state index < -0.39 is 0 Å². The molecule has 0 saturated carbocycles. The van der Waals surface area contributed by atoms with Gasteiger partial charge in [-0.2, -0.15) is 9.97 Å².